The average Bonchev–Trinajstić information content (AvgIpc) is 3.29. The largest absolute Gasteiger partial charge is 0.340 e. The molecule has 1 fully saturated rings. The second-order valence-corrected chi connectivity index (χ2v) is 9.55. The Balaban J connectivity index is 1.57. The maximum atomic E-state index is 13.2. The van der Waals surface area contributed by atoms with E-state index in [1.807, 2.05) is 13.8 Å². The van der Waals surface area contributed by atoms with Gasteiger partial charge in [-0.2, -0.15) is 0 Å². The second-order valence-electron chi connectivity index (χ2n) is 8.11. The van der Waals surface area contributed by atoms with Crippen LogP contribution in [0.4, 0.5) is 5.69 Å². The van der Waals surface area contributed by atoms with Gasteiger partial charge in [-0.1, -0.05) is 31.5 Å². The van der Waals surface area contributed by atoms with Crippen LogP contribution in [-0.4, -0.2) is 65.3 Å². The van der Waals surface area contributed by atoms with E-state index < -0.39 is 16.9 Å². The van der Waals surface area contributed by atoms with Crippen LogP contribution in [0.15, 0.2) is 35.7 Å². The highest BCUT2D eigenvalue weighted by Crippen LogP contribution is 2.23. The number of carbonyl (C=O) groups excluding carboxylic acids is 2. The van der Waals surface area contributed by atoms with Crippen LogP contribution in [-0.2, 0) is 11.2 Å². The molecule has 2 aromatic rings. The summed E-state index contributed by atoms with van der Waals surface area (Å²) in [6.45, 7) is 7.52. The van der Waals surface area contributed by atoms with Crippen LogP contribution < -0.4 is 5.32 Å². The van der Waals surface area contributed by atoms with Crippen LogP contribution in [0.3, 0.4) is 0 Å². The third kappa shape index (κ3) is 6.05. The number of nitro groups is 1. The number of nitrogens with zero attached hydrogens (tertiary/aromatic N) is 3. The molecule has 1 atom stereocenters. The molecule has 0 radical (unpaired) electrons. The highest BCUT2D eigenvalue weighted by molar-refractivity contribution is 7.09. The number of thiophene rings is 1. The molecule has 0 bridgehead atoms. The standard InChI is InChI=1S/C22H27ClN4O4S/c1-15(2)20(24-21(28)18-6-5-16(27(30)31)14-19(18)23)22(29)26-11-9-25(10-12-26)8-7-17-4-3-13-32-17/h3-6,13-15,20H,7-12H2,1-2H3,(H,24,28). The third-order valence-electron chi connectivity index (χ3n) is 5.57. The Morgan fingerprint density at radius 2 is 1.94 bits per heavy atom. The molecule has 1 N–H and O–H groups in total. The summed E-state index contributed by atoms with van der Waals surface area (Å²) < 4.78 is 0. The lowest BCUT2D eigenvalue weighted by Gasteiger charge is -2.37. The zero-order valence-corrected chi connectivity index (χ0v) is 19.7. The first-order valence-corrected chi connectivity index (χ1v) is 11.8. The van der Waals surface area contributed by atoms with E-state index in [0.717, 1.165) is 32.1 Å². The van der Waals surface area contributed by atoms with Crippen molar-refractivity contribution in [3.05, 3.63) is 61.3 Å². The van der Waals surface area contributed by atoms with Gasteiger partial charge >= 0.3 is 0 Å². The highest BCUT2D eigenvalue weighted by atomic mass is 35.5. The number of amides is 2. The molecule has 0 spiro atoms. The van der Waals surface area contributed by atoms with Crippen molar-refractivity contribution in [1.82, 2.24) is 15.1 Å². The summed E-state index contributed by atoms with van der Waals surface area (Å²) in [5.41, 5.74) is -0.0888. The molecule has 8 nitrogen and oxygen atoms in total. The number of nitro benzene ring substituents is 1. The Kier molecular flexibility index (Phi) is 8.22. The fourth-order valence-electron chi connectivity index (χ4n) is 3.65. The van der Waals surface area contributed by atoms with E-state index in [0.29, 0.717) is 13.1 Å². The van der Waals surface area contributed by atoms with Crippen LogP contribution in [0, 0.1) is 16.0 Å². The number of halogens is 1. The smallest absolute Gasteiger partial charge is 0.270 e. The molecule has 10 heteroatoms. The normalized spacial score (nSPS) is 15.6. The van der Waals surface area contributed by atoms with Gasteiger partial charge < -0.3 is 10.2 Å². The van der Waals surface area contributed by atoms with Gasteiger partial charge in [0.15, 0.2) is 0 Å². The molecule has 0 aliphatic carbocycles. The SMILES string of the molecule is CC(C)C(NC(=O)c1ccc([N+](=O)[O-])cc1Cl)C(=O)N1CCN(CCc2cccs2)CC1. The van der Waals surface area contributed by atoms with Gasteiger partial charge in [-0.25, -0.2) is 0 Å². The molecule has 3 rings (SSSR count). The molecule has 1 aromatic carbocycles. The van der Waals surface area contributed by atoms with Crippen LogP contribution in [0.2, 0.25) is 5.02 Å². The molecule has 1 aliphatic rings. The molecule has 1 unspecified atom stereocenters. The molecule has 1 aromatic heterocycles. The van der Waals surface area contributed by atoms with Crippen LogP contribution in [0.1, 0.15) is 29.1 Å². The Morgan fingerprint density at radius 1 is 1.22 bits per heavy atom. The zero-order chi connectivity index (χ0) is 23.3. The maximum absolute atomic E-state index is 13.2. The van der Waals surface area contributed by atoms with E-state index in [1.165, 1.54) is 17.0 Å². The van der Waals surface area contributed by atoms with Crippen LogP contribution in [0.25, 0.3) is 0 Å². The first kappa shape index (κ1) is 24.2. The number of hydrogen-bond donors (Lipinski definition) is 1. The summed E-state index contributed by atoms with van der Waals surface area (Å²) in [5, 5.41) is 15.7. The minimum absolute atomic E-state index is 0.0222. The molecule has 1 aliphatic heterocycles. The van der Waals surface area contributed by atoms with Crippen molar-refractivity contribution in [2.45, 2.75) is 26.3 Å². The fraction of sp³-hybridized carbons (Fsp3) is 0.455. The molecule has 2 amide bonds. The zero-order valence-electron chi connectivity index (χ0n) is 18.1. The summed E-state index contributed by atoms with van der Waals surface area (Å²) in [5.74, 6) is -0.768. The van der Waals surface area contributed by atoms with Gasteiger partial charge in [0.05, 0.1) is 15.5 Å². The van der Waals surface area contributed by atoms with Gasteiger partial charge in [-0.3, -0.25) is 24.6 Å². The summed E-state index contributed by atoms with van der Waals surface area (Å²) in [7, 11) is 0. The summed E-state index contributed by atoms with van der Waals surface area (Å²) >= 11 is 7.83. The number of rotatable bonds is 8. The summed E-state index contributed by atoms with van der Waals surface area (Å²) in [4.78, 5) is 41.7. The lowest BCUT2D eigenvalue weighted by molar-refractivity contribution is -0.384. The highest BCUT2D eigenvalue weighted by Gasteiger charge is 2.31. The van der Waals surface area contributed by atoms with E-state index in [1.54, 1.807) is 16.2 Å². The lowest BCUT2D eigenvalue weighted by atomic mass is 10.0. The fourth-order valence-corrected chi connectivity index (χ4v) is 4.60. The Morgan fingerprint density at radius 3 is 2.50 bits per heavy atom. The molecule has 2 heterocycles. The van der Waals surface area contributed by atoms with Gasteiger partial charge in [0.2, 0.25) is 5.91 Å². The van der Waals surface area contributed by atoms with Crippen molar-refractivity contribution >= 4 is 40.4 Å². The van der Waals surface area contributed by atoms with E-state index in [-0.39, 0.29) is 28.1 Å². The topological polar surface area (TPSA) is 95.8 Å². The molecule has 1 saturated heterocycles. The number of hydrogen-bond acceptors (Lipinski definition) is 6. The number of non-ortho nitro benzene ring substituents is 1. The average molecular weight is 479 g/mol. The minimum Gasteiger partial charge on any atom is -0.340 e. The van der Waals surface area contributed by atoms with Crippen LogP contribution in [0.5, 0.6) is 0 Å². The predicted octanol–water partition coefficient (Wildman–Crippen LogP) is 3.45. The predicted molar refractivity (Wildman–Crippen MR) is 125 cm³/mol. The summed E-state index contributed by atoms with van der Waals surface area (Å²) in [6, 6.07) is 7.16. The van der Waals surface area contributed by atoms with Gasteiger partial charge in [0.25, 0.3) is 11.6 Å². The third-order valence-corrected chi connectivity index (χ3v) is 6.81. The molecule has 32 heavy (non-hydrogen) atoms. The van der Waals surface area contributed by atoms with Gasteiger partial charge in [0.1, 0.15) is 6.04 Å². The lowest BCUT2D eigenvalue weighted by Crippen LogP contribution is -2.56. The van der Waals surface area contributed by atoms with E-state index in [9.17, 15) is 19.7 Å². The minimum atomic E-state index is -0.702. The van der Waals surface area contributed by atoms with E-state index in [4.69, 9.17) is 11.6 Å². The molecular formula is C22H27ClN4O4S. The van der Waals surface area contributed by atoms with Crippen LogP contribution >= 0.6 is 22.9 Å². The van der Waals surface area contributed by atoms with Crippen molar-refractivity contribution < 1.29 is 14.5 Å². The van der Waals surface area contributed by atoms with Crippen molar-refractivity contribution in [1.29, 1.82) is 0 Å². The first-order chi connectivity index (χ1) is 15.3. The van der Waals surface area contributed by atoms with Crippen molar-refractivity contribution in [3.8, 4) is 0 Å². The molecule has 172 valence electrons. The Hall–Kier alpha value is -2.49. The molecule has 0 saturated carbocycles. The van der Waals surface area contributed by atoms with Crippen molar-refractivity contribution in [3.63, 3.8) is 0 Å². The second kappa shape index (κ2) is 10.9. The Bertz CT molecular complexity index is 959. The van der Waals surface area contributed by atoms with Crippen molar-refractivity contribution in [2.75, 3.05) is 32.7 Å². The molecular weight excluding hydrogens is 452 g/mol. The monoisotopic (exact) mass is 478 g/mol. The quantitative estimate of drug-likeness (QED) is 0.463. The van der Waals surface area contributed by atoms with Gasteiger partial charge in [-0.05, 0) is 29.9 Å². The number of nitrogens with one attached hydrogen (secondary N) is 1. The van der Waals surface area contributed by atoms with Gasteiger partial charge in [-0.15, -0.1) is 11.3 Å². The summed E-state index contributed by atoms with van der Waals surface area (Å²) in [6.07, 6.45) is 1.01. The van der Waals surface area contributed by atoms with Crippen molar-refractivity contribution in [2.24, 2.45) is 5.92 Å². The number of piperazine rings is 1. The first-order valence-electron chi connectivity index (χ1n) is 10.5. The van der Waals surface area contributed by atoms with Gasteiger partial charge in [0, 0.05) is 49.7 Å². The number of carbonyl (C=O) groups is 2. The van der Waals surface area contributed by atoms with E-state index in [2.05, 4.69) is 27.7 Å². The van der Waals surface area contributed by atoms with E-state index >= 15 is 0 Å². The maximum Gasteiger partial charge on any atom is 0.270 e. The number of benzene rings is 1. The Labute approximate surface area is 196 Å².